The van der Waals surface area contributed by atoms with E-state index in [-0.39, 0.29) is 0 Å². The zero-order valence-electron chi connectivity index (χ0n) is 14.9. The van der Waals surface area contributed by atoms with Crippen LogP contribution in [0.25, 0.3) is 0 Å². The summed E-state index contributed by atoms with van der Waals surface area (Å²) in [4.78, 5) is 0. The van der Waals surface area contributed by atoms with Crippen molar-refractivity contribution in [2.24, 2.45) is 0 Å². The maximum Gasteiger partial charge on any atom is 0.258 e. The third-order valence-corrected chi connectivity index (χ3v) is 4.37. The van der Waals surface area contributed by atoms with E-state index in [1.807, 2.05) is 0 Å². The summed E-state index contributed by atoms with van der Waals surface area (Å²) >= 11 is 0. The smallest absolute Gasteiger partial charge is 0.234 e. The van der Waals surface area contributed by atoms with Gasteiger partial charge in [-0.2, -0.15) is 0 Å². The average molecular weight is 294 g/mol. The van der Waals surface area contributed by atoms with Crippen LogP contribution in [0, 0.1) is 0 Å². The molecule has 0 aromatic carbocycles. The van der Waals surface area contributed by atoms with Gasteiger partial charge in [0.05, 0.1) is 19.0 Å². The number of hydrogen-bond donors (Lipinski definition) is 0. The SMILES string of the molecule is CCCCCCCCCCC[n+]1ccn(CC)c1C(C)C. The van der Waals surface area contributed by atoms with E-state index < -0.39 is 0 Å². The first kappa shape index (κ1) is 18.3. The lowest BCUT2D eigenvalue weighted by atomic mass is 10.1. The highest BCUT2D eigenvalue weighted by Crippen LogP contribution is 2.12. The van der Waals surface area contributed by atoms with Crippen molar-refractivity contribution in [2.75, 3.05) is 0 Å². The molecule has 0 fully saturated rings. The molecule has 0 atom stereocenters. The molecule has 0 spiro atoms. The summed E-state index contributed by atoms with van der Waals surface area (Å²) in [6.45, 7) is 11.4. The molecular weight excluding hydrogens is 256 g/mol. The highest BCUT2D eigenvalue weighted by atomic mass is 15.1. The van der Waals surface area contributed by atoms with Gasteiger partial charge in [0.15, 0.2) is 0 Å². The predicted molar refractivity (Wildman–Crippen MR) is 91.6 cm³/mol. The van der Waals surface area contributed by atoms with Gasteiger partial charge in [-0.1, -0.05) is 65.7 Å². The quantitative estimate of drug-likeness (QED) is 0.358. The van der Waals surface area contributed by atoms with Gasteiger partial charge in [-0.15, -0.1) is 0 Å². The molecule has 0 N–H and O–H groups in total. The van der Waals surface area contributed by atoms with Crippen LogP contribution in [0.1, 0.15) is 97.2 Å². The third-order valence-electron chi connectivity index (χ3n) is 4.37. The van der Waals surface area contributed by atoms with E-state index in [1.165, 1.54) is 70.2 Å². The van der Waals surface area contributed by atoms with Crippen LogP contribution in [0.2, 0.25) is 0 Å². The Morgan fingerprint density at radius 1 is 0.905 bits per heavy atom. The van der Waals surface area contributed by atoms with Crippen LogP contribution in [0.15, 0.2) is 12.4 Å². The lowest BCUT2D eigenvalue weighted by Gasteiger charge is -2.07. The molecular formula is C19H37N2+. The molecule has 21 heavy (non-hydrogen) atoms. The molecule has 1 heterocycles. The standard InChI is InChI=1S/C19H37N2/c1-5-7-8-9-10-11-12-13-14-15-21-17-16-20(6-2)19(21)18(3)4/h16-18H,5-15H2,1-4H3/q+1. The highest BCUT2D eigenvalue weighted by Gasteiger charge is 2.18. The van der Waals surface area contributed by atoms with Crippen molar-refractivity contribution >= 4 is 0 Å². The zero-order valence-corrected chi connectivity index (χ0v) is 14.9. The molecule has 0 saturated carbocycles. The average Bonchev–Trinajstić information content (AvgIpc) is 2.88. The molecule has 1 aromatic heterocycles. The first-order valence-electron chi connectivity index (χ1n) is 9.29. The van der Waals surface area contributed by atoms with Crippen molar-refractivity contribution in [2.45, 2.75) is 104 Å². The molecule has 0 aliphatic rings. The van der Waals surface area contributed by atoms with Gasteiger partial charge in [0.1, 0.15) is 12.4 Å². The monoisotopic (exact) mass is 293 g/mol. The van der Waals surface area contributed by atoms with Crippen molar-refractivity contribution < 1.29 is 4.57 Å². The number of unbranched alkanes of at least 4 members (excludes halogenated alkanes) is 8. The van der Waals surface area contributed by atoms with E-state index in [2.05, 4.69) is 49.2 Å². The Morgan fingerprint density at radius 2 is 1.48 bits per heavy atom. The van der Waals surface area contributed by atoms with E-state index >= 15 is 0 Å². The molecule has 0 saturated heterocycles. The Labute approximate surface area is 132 Å². The fraction of sp³-hybridized carbons (Fsp3) is 0.842. The van der Waals surface area contributed by atoms with E-state index in [0.29, 0.717) is 5.92 Å². The van der Waals surface area contributed by atoms with E-state index in [4.69, 9.17) is 0 Å². The highest BCUT2D eigenvalue weighted by molar-refractivity contribution is 4.89. The summed E-state index contributed by atoms with van der Waals surface area (Å²) in [5.41, 5.74) is 0. The molecule has 0 unspecified atom stereocenters. The first-order valence-corrected chi connectivity index (χ1v) is 9.29. The van der Waals surface area contributed by atoms with Crippen molar-refractivity contribution in [1.29, 1.82) is 0 Å². The van der Waals surface area contributed by atoms with Crippen molar-refractivity contribution in [3.63, 3.8) is 0 Å². The van der Waals surface area contributed by atoms with Gasteiger partial charge >= 0.3 is 0 Å². The van der Waals surface area contributed by atoms with Crippen LogP contribution in [0.4, 0.5) is 0 Å². The van der Waals surface area contributed by atoms with Gasteiger partial charge < -0.3 is 0 Å². The molecule has 0 bridgehead atoms. The minimum absolute atomic E-state index is 0.610. The Morgan fingerprint density at radius 3 is 2.00 bits per heavy atom. The molecule has 2 nitrogen and oxygen atoms in total. The summed E-state index contributed by atoms with van der Waals surface area (Å²) in [7, 11) is 0. The number of rotatable bonds is 12. The molecule has 0 amide bonds. The number of aromatic nitrogens is 2. The fourth-order valence-electron chi connectivity index (χ4n) is 3.19. The topological polar surface area (TPSA) is 8.81 Å². The van der Waals surface area contributed by atoms with Crippen molar-refractivity contribution in [3.8, 4) is 0 Å². The van der Waals surface area contributed by atoms with E-state index in [1.54, 1.807) is 0 Å². The summed E-state index contributed by atoms with van der Waals surface area (Å²) in [5, 5.41) is 0. The van der Waals surface area contributed by atoms with Crippen molar-refractivity contribution in [1.82, 2.24) is 4.57 Å². The molecule has 2 heteroatoms. The summed E-state index contributed by atoms with van der Waals surface area (Å²) in [5.74, 6) is 2.09. The Balaban J connectivity index is 2.17. The predicted octanol–water partition coefficient (Wildman–Crippen LogP) is 5.45. The van der Waals surface area contributed by atoms with Gasteiger partial charge in [0, 0.05) is 0 Å². The molecule has 1 rings (SSSR count). The molecule has 1 aromatic rings. The van der Waals surface area contributed by atoms with Crippen molar-refractivity contribution in [3.05, 3.63) is 18.2 Å². The van der Waals surface area contributed by atoms with Crippen LogP contribution in [-0.4, -0.2) is 4.57 Å². The minimum atomic E-state index is 0.610. The van der Waals surface area contributed by atoms with E-state index in [9.17, 15) is 0 Å². The van der Waals surface area contributed by atoms with Crippen LogP contribution in [-0.2, 0) is 13.1 Å². The maximum atomic E-state index is 2.47. The molecule has 122 valence electrons. The summed E-state index contributed by atoms with van der Waals surface area (Å²) in [6.07, 6.45) is 17.2. The normalized spacial score (nSPS) is 11.5. The maximum absolute atomic E-state index is 2.47. The number of aryl methyl sites for hydroxylation is 2. The number of imidazole rings is 1. The zero-order chi connectivity index (χ0) is 15.5. The number of nitrogens with zero attached hydrogens (tertiary/aromatic N) is 2. The lowest BCUT2D eigenvalue weighted by Crippen LogP contribution is -2.38. The van der Waals surface area contributed by atoms with Crippen LogP contribution < -0.4 is 4.57 Å². The fourth-order valence-corrected chi connectivity index (χ4v) is 3.19. The first-order chi connectivity index (χ1) is 10.2. The second-order valence-electron chi connectivity index (χ2n) is 6.62. The van der Waals surface area contributed by atoms with Crippen LogP contribution >= 0.6 is 0 Å². The van der Waals surface area contributed by atoms with Gasteiger partial charge in [-0.05, 0) is 19.8 Å². The second-order valence-corrected chi connectivity index (χ2v) is 6.62. The lowest BCUT2D eigenvalue weighted by molar-refractivity contribution is -0.705. The van der Waals surface area contributed by atoms with Gasteiger partial charge in [-0.3, -0.25) is 0 Å². The van der Waals surface area contributed by atoms with Gasteiger partial charge in [0.25, 0.3) is 5.82 Å². The van der Waals surface area contributed by atoms with E-state index in [0.717, 1.165) is 6.54 Å². The summed E-state index contributed by atoms with van der Waals surface area (Å²) in [6, 6.07) is 0. The number of hydrogen-bond acceptors (Lipinski definition) is 0. The van der Waals surface area contributed by atoms with Crippen LogP contribution in [0.3, 0.4) is 0 Å². The minimum Gasteiger partial charge on any atom is -0.234 e. The van der Waals surface area contributed by atoms with Gasteiger partial charge in [0.2, 0.25) is 0 Å². The Kier molecular flexibility index (Phi) is 9.45. The molecule has 0 radical (unpaired) electrons. The summed E-state index contributed by atoms with van der Waals surface area (Å²) < 4.78 is 4.85. The third kappa shape index (κ3) is 6.67. The largest absolute Gasteiger partial charge is 0.258 e. The second kappa shape index (κ2) is 10.9. The Bertz CT molecular complexity index is 366. The molecule has 0 aliphatic heterocycles. The Hall–Kier alpha value is -0.790. The van der Waals surface area contributed by atoms with Crippen LogP contribution in [0.5, 0.6) is 0 Å². The molecule has 0 aliphatic carbocycles. The van der Waals surface area contributed by atoms with Gasteiger partial charge in [-0.25, -0.2) is 9.13 Å².